The summed E-state index contributed by atoms with van der Waals surface area (Å²) >= 11 is 9.34. The number of hydrogen-bond donors (Lipinski definition) is 1. The van der Waals surface area contributed by atoms with Crippen molar-refractivity contribution < 1.29 is 0 Å². The Bertz CT molecular complexity index is 6790. The van der Waals surface area contributed by atoms with Crippen molar-refractivity contribution in [2.75, 3.05) is 15.1 Å². The fraction of sp³-hybridized carbons (Fsp3) is 0.00990. The van der Waals surface area contributed by atoms with Crippen LogP contribution >= 0.6 is 61.2 Å². The molecule has 11 radical (unpaired) electrons. The molecule has 0 aliphatic carbocycles. The Morgan fingerprint density at radius 3 is 1.06 bits per heavy atom. The maximum atomic E-state index is 5.25. The number of alkyl halides is 1. The van der Waals surface area contributed by atoms with Crippen LogP contribution in [0.4, 0.5) is 28.4 Å². The number of anilines is 5. The van der Waals surface area contributed by atoms with Crippen LogP contribution in [0.5, 0.6) is 0 Å². The van der Waals surface area contributed by atoms with E-state index in [-0.39, 0.29) is 6.39 Å². The summed E-state index contributed by atoms with van der Waals surface area (Å²) in [5, 5.41) is 19.1. The molecule has 18 aromatic carbocycles. The third-order valence-electron chi connectivity index (χ3n) is 21.2. The number of hydrogen-bond acceptors (Lipinski definition) is 4. The standard InChI is InChI=1S/C50H33NS.C32H21NS.C18H13Br.CH3I.B9/c1-2-13-34(14-3-1)40-16-6-7-17-41(40)35-25-29-38(30-26-35)51(47-22-12-24-49-50(47)45-21-10-11-23-48(45)52-49)39-31-27-36(28-32-39)46-33-37-15-4-5-18-42(37)43-19-8-9-20-44(43)46;1-2-9-24-22(8-1)20-28(26-11-4-3-10-25(24)26)21-16-18-23(19-17-21)33-29-13-7-15-31-32(29)27-12-5-6-14-30(27)34-31;19-16-12-10-15(11-13-16)18-9-5-4-8-17(18)14-6-2-1-3-7-14;1-2;1-6-9(7(2)3)8(4)5/h1-33H;1-20,33H;1-13H;1H3;. The number of halogens is 2. The highest BCUT2D eigenvalue weighted by molar-refractivity contribution is 14.1. The molecule has 116 heavy (non-hydrogen) atoms. The van der Waals surface area contributed by atoms with Crippen molar-refractivity contribution in [2.45, 2.75) is 0 Å². The Labute approximate surface area is 718 Å². The lowest BCUT2D eigenvalue weighted by Crippen LogP contribution is -2.55. The fourth-order valence-electron chi connectivity index (χ4n) is 15.7. The molecule has 0 unspecified atom stereocenters. The molecule has 0 amide bonds. The second-order valence-corrected chi connectivity index (χ2v) is 31.4. The van der Waals surface area contributed by atoms with Crippen LogP contribution in [-0.2, 0) is 0 Å². The van der Waals surface area contributed by atoms with E-state index in [1.807, 2.05) is 33.7 Å². The molecule has 0 saturated carbocycles. The van der Waals surface area contributed by atoms with Crippen molar-refractivity contribution in [1.29, 1.82) is 0 Å². The second kappa shape index (κ2) is 36.8. The molecule has 0 atom stereocenters. The van der Waals surface area contributed by atoms with Gasteiger partial charge in [0, 0.05) is 132 Å². The van der Waals surface area contributed by atoms with Gasteiger partial charge in [-0.1, -0.05) is 342 Å². The summed E-state index contributed by atoms with van der Waals surface area (Å²) in [6.07, 6.45) is -1.46. The average molecular weight is 1680 g/mol. The summed E-state index contributed by atoms with van der Waals surface area (Å²) in [6.45, 7) is 0. The van der Waals surface area contributed by atoms with E-state index in [2.05, 4.69) is 443 Å². The van der Waals surface area contributed by atoms with E-state index in [0.29, 0.717) is 0 Å². The molecule has 2 aromatic heterocycles. The zero-order valence-corrected chi connectivity index (χ0v) is 69.2. The van der Waals surface area contributed by atoms with Gasteiger partial charge in [0.15, 0.2) is 0 Å². The first kappa shape index (κ1) is 78.7. The minimum absolute atomic E-state index is 0.315. The number of fused-ring (bicyclic) bond motifs is 12. The first-order valence-corrected chi connectivity index (χ1v) is 43.2. The van der Waals surface area contributed by atoms with Gasteiger partial charge in [0.1, 0.15) is 0 Å². The molecular formula is C101H70B9BrIN2S2. The third-order valence-corrected chi connectivity index (χ3v) is 24.0. The van der Waals surface area contributed by atoms with Gasteiger partial charge < -0.3 is 10.2 Å². The van der Waals surface area contributed by atoms with E-state index >= 15 is 0 Å². The van der Waals surface area contributed by atoms with Crippen LogP contribution in [0.15, 0.2) is 405 Å². The Morgan fingerprint density at radius 1 is 0.302 bits per heavy atom. The molecule has 537 valence electrons. The number of rotatable bonds is 14. The van der Waals surface area contributed by atoms with Gasteiger partial charge in [0.05, 0.1) is 5.69 Å². The normalized spacial score (nSPS) is 10.9. The second-order valence-electron chi connectivity index (χ2n) is 28.3. The van der Waals surface area contributed by atoms with Crippen LogP contribution in [-0.4, -0.2) is 69.8 Å². The molecule has 2 heterocycles. The monoisotopic (exact) mass is 1680 g/mol. The van der Waals surface area contributed by atoms with E-state index < -0.39 is 12.8 Å². The molecule has 20 aromatic rings. The lowest BCUT2D eigenvalue weighted by molar-refractivity contribution is 1.30. The van der Waals surface area contributed by atoms with E-state index in [4.69, 9.17) is 38.7 Å². The predicted octanol–water partition coefficient (Wildman–Crippen LogP) is 28.0. The minimum Gasteiger partial charge on any atom is -0.355 e. The summed E-state index contributed by atoms with van der Waals surface area (Å²) in [5.41, 5.74) is 20.5. The van der Waals surface area contributed by atoms with Crippen LogP contribution < -0.4 is 10.2 Å². The largest absolute Gasteiger partial charge is 0.355 e. The highest BCUT2D eigenvalue weighted by atomic mass is 127. The third kappa shape index (κ3) is 16.9. The molecule has 2 nitrogen and oxygen atoms in total. The molecule has 0 aliphatic heterocycles. The highest BCUT2D eigenvalue weighted by Gasteiger charge is 2.22. The molecule has 0 fully saturated rings. The summed E-state index contributed by atoms with van der Waals surface area (Å²) in [4.78, 5) is 4.40. The molecular weight excluding hydrogens is 1610 g/mol. The van der Waals surface area contributed by atoms with Gasteiger partial charge >= 0.3 is 0 Å². The number of nitrogens with zero attached hydrogens (tertiary/aromatic N) is 1. The molecule has 0 aliphatic rings. The van der Waals surface area contributed by atoms with Crippen molar-refractivity contribution in [3.05, 3.63) is 405 Å². The molecule has 15 heteroatoms. The van der Waals surface area contributed by atoms with Crippen LogP contribution in [0.3, 0.4) is 0 Å². The van der Waals surface area contributed by atoms with Crippen molar-refractivity contribution in [3.63, 3.8) is 0 Å². The maximum absolute atomic E-state index is 5.25. The molecule has 0 saturated heterocycles. The van der Waals surface area contributed by atoms with Crippen molar-refractivity contribution in [3.8, 4) is 66.8 Å². The quantitative estimate of drug-likeness (QED) is 0.0505. The first-order chi connectivity index (χ1) is 57.1. The van der Waals surface area contributed by atoms with Gasteiger partial charge in [0.25, 0.3) is 0 Å². The summed E-state index contributed by atoms with van der Waals surface area (Å²) in [6, 6.07) is 144. The van der Waals surface area contributed by atoms with Crippen LogP contribution in [0, 0.1) is 0 Å². The van der Waals surface area contributed by atoms with E-state index in [1.54, 1.807) is 0 Å². The molecule has 1 N–H and O–H groups in total. The summed E-state index contributed by atoms with van der Waals surface area (Å²) in [7, 11) is 27.5. The van der Waals surface area contributed by atoms with Gasteiger partial charge in [-0.3, -0.25) is 0 Å². The minimum atomic E-state index is -0.574. The number of nitrogens with one attached hydrogen (secondary N) is 1. The van der Waals surface area contributed by atoms with E-state index in [0.717, 1.165) is 27.2 Å². The topological polar surface area (TPSA) is 15.3 Å². The number of thiophene rings is 2. The lowest BCUT2D eigenvalue weighted by atomic mass is 8.64. The van der Waals surface area contributed by atoms with Gasteiger partial charge in [-0.25, -0.2) is 0 Å². The van der Waals surface area contributed by atoms with E-state index in [9.17, 15) is 0 Å². The van der Waals surface area contributed by atoms with Crippen LogP contribution in [0.2, 0.25) is 0 Å². The molecule has 0 bridgehead atoms. The maximum Gasteiger partial charge on any atom is 0.0554 e. The smallest absolute Gasteiger partial charge is 0.0554 e. The Morgan fingerprint density at radius 2 is 0.629 bits per heavy atom. The van der Waals surface area contributed by atoms with Gasteiger partial charge in [-0.15, -0.1) is 22.7 Å². The Balaban J connectivity index is 0.000000134. The van der Waals surface area contributed by atoms with Crippen molar-refractivity contribution >= 4 is 238 Å². The first-order valence-electron chi connectivity index (χ1n) is 38.6. The van der Waals surface area contributed by atoms with Crippen molar-refractivity contribution in [1.82, 2.24) is 0 Å². The lowest BCUT2D eigenvalue weighted by Gasteiger charge is -2.27. The zero-order valence-electron chi connectivity index (χ0n) is 63.8. The summed E-state index contributed by atoms with van der Waals surface area (Å²) < 4.78 is 6.33. The van der Waals surface area contributed by atoms with E-state index in [1.165, 1.54) is 163 Å². The molecule has 20 rings (SSSR count). The summed E-state index contributed by atoms with van der Waals surface area (Å²) in [5.74, 6) is 0. The van der Waals surface area contributed by atoms with Gasteiger partial charge in [-0.2, -0.15) is 0 Å². The van der Waals surface area contributed by atoms with Crippen LogP contribution in [0.25, 0.3) is 150 Å². The van der Waals surface area contributed by atoms with Gasteiger partial charge in [0.2, 0.25) is 0 Å². The zero-order chi connectivity index (χ0) is 79.4. The Hall–Kier alpha value is -11.2. The molecule has 0 spiro atoms. The van der Waals surface area contributed by atoms with Crippen molar-refractivity contribution in [2.24, 2.45) is 0 Å². The highest BCUT2D eigenvalue weighted by Crippen LogP contribution is 2.48. The average Bonchev–Trinajstić information content (AvgIpc) is 1.11. The Kier molecular flexibility index (Phi) is 24.9. The predicted molar refractivity (Wildman–Crippen MR) is 532 cm³/mol. The SMILES string of the molecule is Brc1ccc(-c2ccccc2-c2ccccc2)cc1.CI.[B][B]B(B([B])[B])B([B])[B].c1ccc(-c2ccccc2-c2ccc(N(c3ccc(-c4cc5ccccc5c5ccccc45)cc3)c3cccc4sc5ccccc5c34)cc2)cc1.c1ccc2c(c1)cc(-c1ccc(Nc3cccc4sc5ccccc5c34)cc1)c1ccccc12. The fourth-order valence-corrected chi connectivity index (χ4v) is 18.2. The van der Waals surface area contributed by atoms with Crippen LogP contribution in [0.1, 0.15) is 0 Å². The van der Waals surface area contributed by atoms with Gasteiger partial charge in [-0.05, 0) is 212 Å². The number of benzene rings is 18.